The first-order valence-corrected chi connectivity index (χ1v) is 5.35. The summed E-state index contributed by atoms with van der Waals surface area (Å²) < 4.78 is 0. The van der Waals surface area contributed by atoms with E-state index in [0.29, 0.717) is 6.54 Å². The van der Waals surface area contributed by atoms with Crippen molar-refractivity contribution < 1.29 is 0 Å². The van der Waals surface area contributed by atoms with Gasteiger partial charge in [0.2, 0.25) is 0 Å². The second kappa shape index (κ2) is 6.97. The van der Waals surface area contributed by atoms with E-state index in [0.717, 1.165) is 25.9 Å². The Morgan fingerprint density at radius 3 is 2.93 bits per heavy atom. The van der Waals surface area contributed by atoms with Crippen molar-refractivity contribution in [2.45, 2.75) is 19.8 Å². The minimum Gasteiger partial charge on any atom is -0.290 e. The van der Waals surface area contributed by atoms with E-state index in [1.165, 1.54) is 5.56 Å². The maximum absolute atomic E-state index is 8.66. The Bertz CT molecular complexity index is 302. The van der Waals surface area contributed by atoms with Gasteiger partial charge in [-0.3, -0.25) is 9.88 Å². The molecule has 0 amide bonds. The fourth-order valence-electron chi connectivity index (χ4n) is 1.52. The molecule has 3 nitrogen and oxygen atoms in total. The second-order valence-electron chi connectivity index (χ2n) is 3.55. The molecule has 1 rings (SSSR count). The predicted molar refractivity (Wildman–Crippen MR) is 60.3 cm³/mol. The first-order valence-electron chi connectivity index (χ1n) is 5.35. The van der Waals surface area contributed by atoms with Gasteiger partial charge >= 0.3 is 0 Å². The summed E-state index contributed by atoms with van der Waals surface area (Å²) in [6, 6.07) is 6.22. The predicted octanol–water partition coefficient (Wildman–Crippen LogP) is 1.86. The molecule has 15 heavy (non-hydrogen) atoms. The third kappa shape index (κ3) is 4.57. The van der Waals surface area contributed by atoms with Gasteiger partial charge in [-0.2, -0.15) is 5.26 Å². The van der Waals surface area contributed by atoms with Crippen LogP contribution < -0.4 is 0 Å². The third-order valence-electron chi connectivity index (χ3n) is 2.27. The van der Waals surface area contributed by atoms with Gasteiger partial charge in [-0.05, 0) is 31.0 Å². The van der Waals surface area contributed by atoms with Crippen molar-refractivity contribution in [2.75, 3.05) is 19.6 Å². The lowest BCUT2D eigenvalue weighted by Gasteiger charge is -2.17. The zero-order chi connectivity index (χ0) is 10.9. The van der Waals surface area contributed by atoms with Crippen molar-refractivity contribution >= 4 is 0 Å². The number of rotatable bonds is 6. The molecule has 0 spiro atoms. The first kappa shape index (κ1) is 11.7. The van der Waals surface area contributed by atoms with Crippen LogP contribution in [0, 0.1) is 11.3 Å². The van der Waals surface area contributed by atoms with Crippen LogP contribution in [0.2, 0.25) is 0 Å². The van der Waals surface area contributed by atoms with Crippen molar-refractivity contribution in [1.29, 1.82) is 5.26 Å². The number of nitriles is 1. The van der Waals surface area contributed by atoms with Crippen LogP contribution in [0.4, 0.5) is 0 Å². The molecule has 0 bridgehead atoms. The summed E-state index contributed by atoms with van der Waals surface area (Å²) in [5.41, 5.74) is 1.23. The molecule has 1 heterocycles. The molecule has 80 valence electrons. The van der Waals surface area contributed by atoms with E-state index >= 15 is 0 Å². The Morgan fingerprint density at radius 1 is 1.47 bits per heavy atom. The Balaban J connectivity index is 2.37. The van der Waals surface area contributed by atoms with Gasteiger partial charge < -0.3 is 0 Å². The second-order valence-corrected chi connectivity index (χ2v) is 3.55. The number of hydrogen-bond donors (Lipinski definition) is 0. The molecule has 0 atom stereocenters. The summed E-state index contributed by atoms with van der Waals surface area (Å²) in [5.74, 6) is 0. The quantitative estimate of drug-likeness (QED) is 0.662. The summed E-state index contributed by atoms with van der Waals surface area (Å²) >= 11 is 0. The topological polar surface area (TPSA) is 39.9 Å². The molecule has 0 saturated carbocycles. The largest absolute Gasteiger partial charge is 0.290 e. The molecule has 0 aliphatic rings. The fraction of sp³-hybridized carbons (Fsp3) is 0.500. The van der Waals surface area contributed by atoms with Crippen LogP contribution in [-0.4, -0.2) is 29.5 Å². The lowest BCUT2D eigenvalue weighted by molar-refractivity contribution is 0.310. The maximum Gasteiger partial charge on any atom is 0.0866 e. The van der Waals surface area contributed by atoms with Gasteiger partial charge in [0.1, 0.15) is 0 Å². The SMILES string of the molecule is CCCN(CC#N)CCc1cccnc1. The molecule has 0 saturated heterocycles. The highest BCUT2D eigenvalue weighted by molar-refractivity contribution is 5.08. The highest BCUT2D eigenvalue weighted by Gasteiger charge is 2.02. The molecular formula is C12H17N3. The fourth-order valence-corrected chi connectivity index (χ4v) is 1.52. The van der Waals surface area contributed by atoms with Gasteiger partial charge in [-0.1, -0.05) is 13.0 Å². The molecule has 0 aliphatic carbocycles. The summed E-state index contributed by atoms with van der Waals surface area (Å²) in [6.45, 7) is 4.59. The minimum atomic E-state index is 0.522. The molecule has 1 aromatic heterocycles. The standard InChI is InChI=1S/C12H17N3/c1-2-8-15(10-6-13)9-5-12-4-3-7-14-11-12/h3-4,7,11H,2,5,8-10H2,1H3. The number of pyridine rings is 1. The molecule has 0 fully saturated rings. The Hall–Kier alpha value is -1.40. The molecule has 0 unspecified atom stereocenters. The Morgan fingerprint density at radius 2 is 2.33 bits per heavy atom. The molecule has 3 heteroatoms. The van der Waals surface area contributed by atoms with Crippen molar-refractivity contribution in [2.24, 2.45) is 0 Å². The van der Waals surface area contributed by atoms with E-state index < -0.39 is 0 Å². The monoisotopic (exact) mass is 203 g/mol. The Kier molecular flexibility index (Phi) is 5.42. The first-order chi connectivity index (χ1) is 7.36. The maximum atomic E-state index is 8.66. The van der Waals surface area contributed by atoms with E-state index in [4.69, 9.17) is 5.26 Å². The molecule has 0 N–H and O–H groups in total. The summed E-state index contributed by atoms with van der Waals surface area (Å²) in [5, 5.41) is 8.66. The van der Waals surface area contributed by atoms with E-state index in [1.54, 1.807) is 6.20 Å². The highest BCUT2D eigenvalue weighted by Crippen LogP contribution is 2.00. The molecule has 0 aliphatic heterocycles. The van der Waals surface area contributed by atoms with Crippen molar-refractivity contribution in [3.8, 4) is 6.07 Å². The van der Waals surface area contributed by atoms with Gasteiger partial charge in [0.05, 0.1) is 12.6 Å². The number of hydrogen-bond acceptors (Lipinski definition) is 3. The Labute approximate surface area is 91.4 Å². The summed E-state index contributed by atoms with van der Waals surface area (Å²) in [4.78, 5) is 6.24. The zero-order valence-corrected chi connectivity index (χ0v) is 9.19. The number of aromatic nitrogens is 1. The highest BCUT2D eigenvalue weighted by atomic mass is 15.1. The zero-order valence-electron chi connectivity index (χ0n) is 9.19. The average Bonchev–Trinajstić information content (AvgIpc) is 2.28. The van der Waals surface area contributed by atoms with Gasteiger partial charge in [0.15, 0.2) is 0 Å². The van der Waals surface area contributed by atoms with Gasteiger partial charge in [-0.25, -0.2) is 0 Å². The lowest BCUT2D eigenvalue weighted by atomic mass is 10.2. The number of nitrogens with zero attached hydrogens (tertiary/aromatic N) is 3. The normalized spacial score (nSPS) is 10.2. The van der Waals surface area contributed by atoms with E-state index in [-0.39, 0.29) is 0 Å². The van der Waals surface area contributed by atoms with Crippen LogP contribution in [0.3, 0.4) is 0 Å². The van der Waals surface area contributed by atoms with Crippen LogP contribution in [0.5, 0.6) is 0 Å². The van der Waals surface area contributed by atoms with E-state index in [2.05, 4.69) is 28.9 Å². The van der Waals surface area contributed by atoms with Crippen molar-refractivity contribution in [1.82, 2.24) is 9.88 Å². The average molecular weight is 203 g/mol. The summed E-state index contributed by atoms with van der Waals surface area (Å²) in [6.07, 6.45) is 5.73. The van der Waals surface area contributed by atoms with E-state index in [9.17, 15) is 0 Å². The van der Waals surface area contributed by atoms with Crippen molar-refractivity contribution in [3.05, 3.63) is 30.1 Å². The van der Waals surface area contributed by atoms with Crippen LogP contribution in [0.1, 0.15) is 18.9 Å². The molecular weight excluding hydrogens is 186 g/mol. The summed E-state index contributed by atoms with van der Waals surface area (Å²) in [7, 11) is 0. The van der Waals surface area contributed by atoms with Crippen LogP contribution in [0.15, 0.2) is 24.5 Å². The molecule has 0 radical (unpaired) electrons. The van der Waals surface area contributed by atoms with Crippen LogP contribution >= 0.6 is 0 Å². The van der Waals surface area contributed by atoms with Crippen molar-refractivity contribution in [3.63, 3.8) is 0 Å². The van der Waals surface area contributed by atoms with Gasteiger partial charge in [0.25, 0.3) is 0 Å². The third-order valence-corrected chi connectivity index (χ3v) is 2.27. The van der Waals surface area contributed by atoms with Crippen LogP contribution in [0.25, 0.3) is 0 Å². The molecule has 1 aromatic rings. The van der Waals surface area contributed by atoms with Gasteiger partial charge in [0, 0.05) is 18.9 Å². The molecule has 0 aromatic carbocycles. The van der Waals surface area contributed by atoms with E-state index in [1.807, 2.05) is 12.3 Å². The minimum absolute atomic E-state index is 0.522. The lowest BCUT2D eigenvalue weighted by Crippen LogP contribution is -2.27. The van der Waals surface area contributed by atoms with Gasteiger partial charge in [-0.15, -0.1) is 0 Å². The smallest absolute Gasteiger partial charge is 0.0866 e. The van der Waals surface area contributed by atoms with Crippen LogP contribution in [-0.2, 0) is 6.42 Å².